The van der Waals surface area contributed by atoms with E-state index in [9.17, 15) is 9.59 Å². The first-order valence-corrected chi connectivity index (χ1v) is 10.9. The predicted octanol–water partition coefficient (Wildman–Crippen LogP) is 4.03. The number of aromatic nitrogens is 1. The molecule has 2 N–H and O–H groups in total. The Hall–Kier alpha value is -2.58. The lowest BCUT2D eigenvalue weighted by molar-refractivity contribution is -0.125. The van der Waals surface area contributed by atoms with Crippen LogP contribution in [-0.2, 0) is 9.59 Å². The number of ether oxygens (including phenoxy) is 2. The summed E-state index contributed by atoms with van der Waals surface area (Å²) in [5, 5.41) is 6.15. The van der Waals surface area contributed by atoms with Crippen molar-refractivity contribution in [1.29, 1.82) is 0 Å². The normalized spacial score (nSPS) is 14.4. The number of carbonyl (C=O) groups is 2. The van der Waals surface area contributed by atoms with Crippen molar-refractivity contribution in [3.8, 4) is 16.7 Å². The van der Waals surface area contributed by atoms with Crippen LogP contribution in [0.4, 0.5) is 0 Å². The lowest BCUT2D eigenvalue weighted by Crippen LogP contribution is -2.39. The van der Waals surface area contributed by atoms with Crippen LogP contribution in [0.3, 0.4) is 0 Å². The van der Waals surface area contributed by atoms with E-state index in [4.69, 9.17) is 21.1 Å². The standard InChI is InChI=1S/C21H24ClN3O4S/c1-13(25-20(27)11-23-14(2)26)3-7-17-10-24-21(30-17)29-19-8-6-16(9-18(19)22)28-12-15-4-5-15/h3,6-10,13,15H,4-5,11-12H2,1-2H3,(H,23,26)(H,25,27)/b7-3+/t13-/m0/s1. The van der Waals surface area contributed by atoms with Crippen LogP contribution in [0.2, 0.25) is 5.02 Å². The van der Waals surface area contributed by atoms with Gasteiger partial charge >= 0.3 is 0 Å². The summed E-state index contributed by atoms with van der Waals surface area (Å²) in [4.78, 5) is 27.7. The van der Waals surface area contributed by atoms with E-state index in [-0.39, 0.29) is 24.4 Å². The van der Waals surface area contributed by atoms with Crippen molar-refractivity contribution in [1.82, 2.24) is 15.6 Å². The minimum atomic E-state index is -0.255. The van der Waals surface area contributed by atoms with Crippen molar-refractivity contribution in [3.63, 3.8) is 0 Å². The van der Waals surface area contributed by atoms with E-state index in [0.717, 1.165) is 17.2 Å². The highest BCUT2D eigenvalue weighted by Crippen LogP contribution is 2.35. The van der Waals surface area contributed by atoms with E-state index < -0.39 is 0 Å². The number of nitrogens with zero attached hydrogens (tertiary/aromatic N) is 1. The van der Waals surface area contributed by atoms with Crippen molar-refractivity contribution in [2.24, 2.45) is 5.92 Å². The summed E-state index contributed by atoms with van der Waals surface area (Å²) in [7, 11) is 0. The van der Waals surface area contributed by atoms with Crippen molar-refractivity contribution in [3.05, 3.63) is 40.4 Å². The second-order valence-electron chi connectivity index (χ2n) is 7.10. The van der Waals surface area contributed by atoms with Crippen molar-refractivity contribution < 1.29 is 19.1 Å². The molecule has 0 unspecified atom stereocenters. The number of rotatable bonds is 10. The zero-order chi connectivity index (χ0) is 21.5. The molecule has 0 radical (unpaired) electrons. The number of hydrogen-bond donors (Lipinski definition) is 2. The summed E-state index contributed by atoms with van der Waals surface area (Å²) in [5.74, 6) is 1.42. The molecule has 2 aromatic rings. The van der Waals surface area contributed by atoms with Gasteiger partial charge in [-0.25, -0.2) is 4.98 Å². The molecule has 1 heterocycles. The highest BCUT2D eigenvalue weighted by atomic mass is 35.5. The highest BCUT2D eigenvalue weighted by molar-refractivity contribution is 7.14. The summed E-state index contributed by atoms with van der Waals surface area (Å²) in [6.45, 7) is 3.89. The molecule has 0 aliphatic heterocycles. The molecular formula is C21H24ClN3O4S. The van der Waals surface area contributed by atoms with Crippen molar-refractivity contribution in [2.75, 3.05) is 13.2 Å². The summed E-state index contributed by atoms with van der Waals surface area (Å²) >= 11 is 7.66. The average Bonchev–Trinajstić information content (AvgIpc) is 3.43. The predicted molar refractivity (Wildman–Crippen MR) is 117 cm³/mol. The minimum absolute atomic E-state index is 0.0444. The fourth-order valence-electron chi connectivity index (χ4n) is 2.44. The number of halogens is 1. The zero-order valence-corrected chi connectivity index (χ0v) is 18.4. The van der Waals surface area contributed by atoms with Crippen molar-refractivity contribution in [2.45, 2.75) is 32.7 Å². The minimum Gasteiger partial charge on any atom is -0.493 e. The third kappa shape index (κ3) is 7.35. The van der Waals surface area contributed by atoms with Gasteiger partial charge in [0.25, 0.3) is 5.19 Å². The largest absolute Gasteiger partial charge is 0.493 e. The number of benzene rings is 1. The second-order valence-corrected chi connectivity index (χ2v) is 8.53. The Labute approximate surface area is 184 Å². The fourth-order valence-corrected chi connectivity index (χ4v) is 3.34. The maximum Gasteiger partial charge on any atom is 0.279 e. The van der Waals surface area contributed by atoms with Crippen LogP contribution in [0.5, 0.6) is 16.7 Å². The zero-order valence-electron chi connectivity index (χ0n) is 16.8. The Kier molecular flexibility index (Phi) is 7.70. The molecule has 30 heavy (non-hydrogen) atoms. The molecule has 3 rings (SSSR count). The highest BCUT2D eigenvalue weighted by Gasteiger charge is 2.22. The number of thiazole rings is 1. The molecule has 0 bridgehead atoms. The van der Waals surface area contributed by atoms with Gasteiger partial charge in [0.05, 0.1) is 23.1 Å². The first kappa shape index (κ1) is 22.1. The Morgan fingerprint density at radius 1 is 1.40 bits per heavy atom. The van der Waals surface area contributed by atoms with Crippen LogP contribution in [0.1, 0.15) is 31.6 Å². The molecule has 0 saturated heterocycles. The number of nitrogens with one attached hydrogen (secondary N) is 2. The smallest absolute Gasteiger partial charge is 0.279 e. The summed E-state index contributed by atoms with van der Waals surface area (Å²) in [6, 6.07) is 5.16. The molecule has 1 aliphatic rings. The van der Waals surface area contributed by atoms with Gasteiger partial charge in [0.15, 0.2) is 0 Å². The first-order valence-electron chi connectivity index (χ1n) is 9.67. The summed E-state index contributed by atoms with van der Waals surface area (Å²) < 4.78 is 11.5. The molecule has 7 nitrogen and oxygen atoms in total. The number of amides is 2. The van der Waals surface area contributed by atoms with Crippen LogP contribution >= 0.6 is 22.9 Å². The van der Waals surface area contributed by atoms with Gasteiger partial charge in [-0.3, -0.25) is 9.59 Å². The molecular weight excluding hydrogens is 426 g/mol. The Morgan fingerprint density at radius 2 is 2.20 bits per heavy atom. The lowest BCUT2D eigenvalue weighted by Gasteiger charge is -2.09. The van der Waals surface area contributed by atoms with Gasteiger partial charge in [-0.15, -0.1) is 0 Å². The van der Waals surface area contributed by atoms with Gasteiger partial charge < -0.3 is 20.1 Å². The number of carbonyl (C=O) groups excluding carboxylic acids is 2. The van der Waals surface area contributed by atoms with E-state index in [0.29, 0.717) is 21.9 Å². The van der Waals surface area contributed by atoms with Gasteiger partial charge in [-0.1, -0.05) is 29.0 Å². The van der Waals surface area contributed by atoms with Gasteiger partial charge in [-0.05, 0) is 43.9 Å². The van der Waals surface area contributed by atoms with E-state index in [2.05, 4.69) is 15.6 Å². The molecule has 1 aliphatic carbocycles. The van der Waals surface area contributed by atoms with Gasteiger partial charge in [0, 0.05) is 25.2 Å². The van der Waals surface area contributed by atoms with Gasteiger partial charge in [0.1, 0.15) is 11.5 Å². The van der Waals surface area contributed by atoms with Crippen LogP contribution in [-0.4, -0.2) is 36.0 Å². The molecule has 1 aromatic carbocycles. The third-order valence-electron chi connectivity index (χ3n) is 4.22. The molecule has 160 valence electrons. The Balaban J connectivity index is 1.50. The van der Waals surface area contributed by atoms with Gasteiger partial charge in [0.2, 0.25) is 11.8 Å². The monoisotopic (exact) mass is 449 g/mol. The topological polar surface area (TPSA) is 89.6 Å². The Morgan fingerprint density at radius 3 is 2.90 bits per heavy atom. The molecule has 1 fully saturated rings. The fraction of sp³-hybridized carbons (Fsp3) is 0.381. The van der Waals surface area contributed by atoms with E-state index in [1.165, 1.54) is 31.1 Å². The maximum atomic E-state index is 11.7. The van der Waals surface area contributed by atoms with E-state index in [1.807, 2.05) is 25.1 Å². The quantitative estimate of drug-likeness (QED) is 0.571. The van der Waals surface area contributed by atoms with Crippen LogP contribution < -0.4 is 20.1 Å². The summed E-state index contributed by atoms with van der Waals surface area (Å²) in [5.41, 5.74) is 0. The molecule has 1 atom stereocenters. The number of hydrogen-bond acceptors (Lipinski definition) is 6. The SMILES string of the molecule is CC(=O)NCC(=O)N[C@@H](C)/C=C/c1cnc(Oc2ccc(OCC3CC3)cc2Cl)s1. The van der Waals surface area contributed by atoms with E-state index in [1.54, 1.807) is 18.3 Å². The average molecular weight is 450 g/mol. The molecule has 1 aromatic heterocycles. The van der Waals surface area contributed by atoms with Crippen LogP contribution in [0.25, 0.3) is 6.08 Å². The molecule has 0 spiro atoms. The summed E-state index contributed by atoms with van der Waals surface area (Å²) in [6.07, 6.45) is 7.84. The van der Waals surface area contributed by atoms with Gasteiger partial charge in [-0.2, -0.15) is 0 Å². The van der Waals surface area contributed by atoms with Crippen LogP contribution in [0.15, 0.2) is 30.5 Å². The molecule has 9 heteroatoms. The lowest BCUT2D eigenvalue weighted by atomic mass is 10.3. The maximum absolute atomic E-state index is 11.7. The van der Waals surface area contributed by atoms with Crippen molar-refractivity contribution >= 4 is 40.8 Å². The molecule has 2 amide bonds. The molecule has 1 saturated carbocycles. The van der Waals surface area contributed by atoms with Crippen LogP contribution in [0, 0.1) is 5.92 Å². The Bertz CT molecular complexity index is 927. The second kappa shape index (κ2) is 10.4. The third-order valence-corrected chi connectivity index (χ3v) is 5.36. The van der Waals surface area contributed by atoms with E-state index >= 15 is 0 Å². The first-order chi connectivity index (χ1) is 14.4.